The number of carbonyl (C=O) groups is 1. The molecule has 0 bridgehead atoms. The van der Waals surface area contributed by atoms with Gasteiger partial charge in [-0.15, -0.1) is 0 Å². The van der Waals surface area contributed by atoms with Crippen molar-refractivity contribution in [1.29, 1.82) is 0 Å². The van der Waals surface area contributed by atoms with Gasteiger partial charge in [-0.05, 0) is 19.9 Å². The molecule has 2 rings (SSSR count). The van der Waals surface area contributed by atoms with E-state index >= 15 is 0 Å². The Morgan fingerprint density at radius 1 is 1.47 bits per heavy atom. The summed E-state index contributed by atoms with van der Waals surface area (Å²) in [7, 11) is 0. The highest BCUT2D eigenvalue weighted by molar-refractivity contribution is 5.86. The Morgan fingerprint density at radius 2 is 2.21 bits per heavy atom. The molecule has 1 heterocycles. The second-order valence-electron chi connectivity index (χ2n) is 4.52. The van der Waals surface area contributed by atoms with Crippen LogP contribution in [0.15, 0.2) is 18.2 Å². The maximum absolute atomic E-state index is 11.5. The number of rotatable bonds is 4. The number of carbonyl (C=O) groups excluding carboxylic acids is 1. The number of hydrogen-bond donors (Lipinski definition) is 2. The van der Waals surface area contributed by atoms with E-state index in [4.69, 9.17) is 4.74 Å². The molecule has 7 heteroatoms. The van der Waals surface area contributed by atoms with Crippen molar-refractivity contribution in [3.63, 3.8) is 0 Å². The predicted octanol–water partition coefficient (Wildman–Crippen LogP) is 2.10. The fourth-order valence-corrected chi connectivity index (χ4v) is 2.12. The van der Waals surface area contributed by atoms with Crippen LogP contribution in [0.3, 0.4) is 0 Å². The topological polar surface area (TPSA) is 93.5 Å². The Kier molecular flexibility index (Phi) is 3.28. The molecular weight excluding hydrogens is 250 g/mol. The van der Waals surface area contributed by atoms with Crippen LogP contribution in [0.2, 0.25) is 0 Å². The predicted molar refractivity (Wildman–Crippen MR) is 70.0 cm³/mol. The van der Waals surface area contributed by atoms with E-state index in [9.17, 15) is 14.9 Å². The zero-order valence-corrected chi connectivity index (χ0v) is 10.7. The van der Waals surface area contributed by atoms with Gasteiger partial charge in [0.15, 0.2) is 0 Å². The third kappa shape index (κ3) is 2.59. The first kappa shape index (κ1) is 13.1. The molecule has 1 aliphatic rings. The molecule has 1 atom stereocenters. The number of hydrogen-bond acceptors (Lipinski definition) is 6. The number of anilines is 2. The molecule has 0 saturated carbocycles. The minimum absolute atomic E-state index is 0.0161. The van der Waals surface area contributed by atoms with Gasteiger partial charge in [0.05, 0.1) is 23.6 Å². The monoisotopic (exact) mass is 265 g/mol. The third-order valence-electron chi connectivity index (χ3n) is 2.85. The largest absolute Gasteiger partial charge is 0.466 e. The van der Waals surface area contributed by atoms with Crippen LogP contribution >= 0.6 is 0 Å². The van der Waals surface area contributed by atoms with E-state index in [1.165, 1.54) is 6.07 Å². The fourth-order valence-electron chi connectivity index (χ4n) is 2.12. The van der Waals surface area contributed by atoms with E-state index in [1.54, 1.807) is 26.0 Å². The Labute approximate surface area is 110 Å². The lowest BCUT2D eigenvalue weighted by atomic mass is 10.1. The normalized spacial score (nSPS) is 20.1. The fraction of sp³-hybridized carbons (Fsp3) is 0.417. The number of benzene rings is 1. The van der Waals surface area contributed by atoms with E-state index in [-0.39, 0.29) is 18.1 Å². The van der Waals surface area contributed by atoms with Gasteiger partial charge in [0.25, 0.3) is 5.69 Å². The average molecular weight is 265 g/mol. The molecule has 0 aromatic heterocycles. The van der Waals surface area contributed by atoms with Gasteiger partial charge in [0.1, 0.15) is 11.4 Å². The molecule has 102 valence electrons. The summed E-state index contributed by atoms with van der Waals surface area (Å²) in [5.74, 6) is -0.361. The quantitative estimate of drug-likeness (QED) is 0.492. The molecule has 0 amide bonds. The first-order valence-corrected chi connectivity index (χ1v) is 5.94. The molecule has 7 nitrogen and oxygen atoms in total. The summed E-state index contributed by atoms with van der Waals surface area (Å²) in [6.07, 6.45) is 0.0761. The summed E-state index contributed by atoms with van der Waals surface area (Å²) in [6.45, 7) is 3.80. The maximum Gasteiger partial charge on any atom is 0.310 e. The molecule has 0 saturated heterocycles. The van der Waals surface area contributed by atoms with Crippen molar-refractivity contribution in [1.82, 2.24) is 0 Å². The third-order valence-corrected chi connectivity index (χ3v) is 2.85. The van der Waals surface area contributed by atoms with Gasteiger partial charge in [0, 0.05) is 6.07 Å². The van der Waals surface area contributed by atoms with Crippen LogP contribution < -0.4 is 10.6 Å². The minimum Gasteiger partial charge on any atom is -0.466 e. The summed E-state index contributed by atoms with van der Waals surface area (Å²) in [5.41, 5.74) is 0.221. The number of esters is 1. The van der Waals surface area contributed by atoms with Gasteiger partial charge in [-0.25, -0.2) is 0 Å². The van der Waals surface area contributed by atoms with Crippen molar-refractivity contribution in [2.24, 2.45) is 0 Å². The first-order valence-electron chi connectivity index (χ1n) is 5.94. The number of nitrogens with zero attached hydrogens (tertiary/aromatic N) is 1. The molecule has 2 N–H and O–H groups in total. The maximum atomic E-state index is 11.5. The summed E-state index contributed by atoms with van der Waals surface area (Å²) < 4.78 is 4.89. The second-order valence-corrected chi connectivity index (χ2v) is 4.52. The SMILES string of the molecule is CCOC(=O)C[C@@]1(C)Nc2cccc([N+](=O)[O-])c2N1. The number of nitro groups is 1. The van der Waals surface area contributed by atoms with Gasteiger partial charge in [-0.1, -0.05) is 6.07 Å². The molecule has 0 fully saturated rings. The standard InChI is InChI=1S/C12H15N3O4/c1-3-19-10(16)7-12(2)13-8-5-4-6-9(15(17)18)11(8)14-12/h4-6,13-14H,3,7H2,1-2H3/t12-/m0/s1. The van der Waals surface area contributed by atoms with Gasteiger partial charge < -0.3 is 15.4 Å². The summed E-state index contributed by atoms with van der Waals surface area (Å²) >= 11 is 0. The van der Waals surface area contributed by atoms with Crippen LogP contribution in [0.4, 0.5) is 17.1 Å². The van der Waals surface area contributed by atoms with Crippen LogP contribution in [-0.2, 0) is 9.53 Å². The molecule has 1 aromatic carbocycles. The Morgan fingerprint density at radius 3 is 2.84 bits per heavy atom. The lowest BCUT2D eigenvalue weighted by Crippen LogP contribution is -2.41. The number of para-hydroxylation sites is 1. The minimum atomic E-state index is -0.777. The zero-order valence-electron chi connectivity index (χ0n) is 10.7. The Bertz CT molecular complexity index is 532. The van der Waals surface area contributed by atoms with E-state index in [0.717, 1.165) is 0 Å². The molecule has 19 heavy (non-hydrogen) atoms. The molecule has 0 unspecified atom stereocenters. The molecule has 1 aromatic rings. The Balaban J connectivity index is 2.21. The molecule has 1 aliphatic heterocycles. The van der Waals surface area contributed by atoms with Crippen molar-refractivity contribution < 1.29 is 14.5 Å². The zero-order chi connectivity index (χ0) is 14.0. The number of nitro benzene ring substituents is 1. The summed E-state index contributed by atoms with van der Waals surface area (Å²) in [6, 6.07) is 4.75. The van der Waals surface area contributed by atoms with E-state index in [0.29, 0.717) is 18.0 Å². The summed E-state index contributed by atoms with van der Waals surface area (Å²) in [4.78, 5) is 22.0. The van der Waals surface area contributed by atoms with E-state index < -0.39 is 10.6 Å². The first-order chi connectivity index (χ1) is 8.95. The van der Waals surface area contributed by atoms with Crippen molar-refractivity contribution >= 4 is 23.0 Å². The van der Waals surface area contributed by atoms with Crippen LogP contribution in [0.1, 0.15) is 20.3 Å². The van der Waals surface area contributed by atoms with Gasteiger partial charge >= 0.3 is 5.97 Å². The van der Waals surface area contributed by atoms with Crippen molar-refractivity contribution in [3.05, 3.63) is 28.3 Å². The van der Waals surface area contributed by atoms with Crippen LogP contribution in [-0.4, -0.2) is 23.2 Å². The van der Waals surface area contributed by atoms with Gasteiger partial charge in [-0.2, -0.15) is 0 Å². The van der Waals surface area contributed by atoms with Crippen molar-refractivity contribution in [2.45, 2.75) is 25.9 Å². The van der Waals surface area contributed by atoms with Crippen LogP contribution in [0.5, 0.6) is 0 Å². The van der Waals surface area contributed by atoms with Crippen molar-refractivity contribution in [3.8, 4) is 0 Å². The van der Waals surface area contributed by atoms with Crippen LogP contribution in [0.25, 0.3) is 0 Å². The average Bonchev–Trinajstić information content (AvgIpc) is 2.63. The Hall–Kier alpha value is -2.31. The highest BCUT2D eigenvalue weighted by Gasteiger charge is 2.37. The number of nitrogens with one attached hydrogen (secondary N) is 2. The molecule has 0 aliphatic carbocycles. The lowest BCUT2D eigenvalue weighted by Gasteiger charge is -2.24. The second kappa shape index (κ2) is 4.75. The molecular formula is C12H15N3O4. The smallest absolute Gasteiger partial charge is 0.310 e. The lowest BCUT2D eigenvalue weighted by molar-refractivity contribution is -0.383. The highest BCUT2D eigenvalue weighted by Crippen LogP contribution is 2.41. The molecule has 0 radical (unpaired) electrons. The van der Waals surface area contributed by atoms with Gasteiger partial charge in [-0.3, -0.25) is 14.9 Å². The van der Waals surface area contributed by atoms with Gasteiger partial charge in [0.2, 0.25) is 0 Å². The summed E-state index contributed by atoms with van der Waals surface area (Å²) in [5, 5.41) is 17.0. The number of fused-ring (bicyclic) bond motifs is 1. The van der Waals surface area contributed by atoms with E-state index in [2.05, 4.69) is 10.6 Å². The van der Waals surface area contributed by atoms with Crippen molar-refractivity contribution in [2.75, 3.05) is 17.2 Å². The highest BCUT2D eigenvalue weighted by atomic mass is 16.6. The van der Waals surface area contributed by atoms with E-state index in [1.807, 2.05) is 0 Å². The number of ether oxygens (including phenoxy) is 1. The van der Waals surface area contributed by atoms with Crippen LogP contribution in [0, 0.1) is 10.1 Å². The molecule has 0 spiro atoms.